The third-order valence-corrected chi connectivity index (χ3v) is 6.23. The monoisotopic (exact) mass is 387 g/mol. The van der Waals surface area contributed by atoms with Gasteiger partial charge in [0.25, 0.3) is 5.91 Å². The number of nitrogens with one attached hydrogen (secondary N) is 1. The van der Waals surface area contributed by atoms with Crippen LogP contribution in [0, 0.1) is 12.8 Å². The Labute approximate surface area is 162 Å². The van der Waals surface area contributed by atoms with Crippen molar-refractivity contribution in [2.45, 2.75) is 46.5 Å². The van der Waals surface area contributed by atoms with Gasteiger partial charge in [0.1, 0.15) is 10.7 Å². The largest absolute Gasteiger partial charge is 0.382 e. The van der Waals surface area contributed by atoms with Crippen molar-refractivity contribution in [2.75, 3.05) is 19.8 Å². The Morgan fingerprint density at radius 3 is 3.07 bits per heavy atom. The van der Waals surface area contributed by atoms with Crippen molar-refractivity contribution >= 4 is 33.1 Å². The lowest BCUT2D eigenvalue weighted by molar-refractivity contribution is 0.0934. The van der Waals surface area contributed by atoms with Crippen molar-refractivity contribution in [3.05, 3.63) is 22.1 Å². The second kappa shape index (κ2) is 7.52. The van der Waals surface area contributed by atoms with Gasteiger partial charge in [-0.1, -0.05) is 6.92 Å². The van der Waals surface area contributed by atoms with Gasteiger partial charge in [0.15, 0.2) is 5.65 Å². The maximum Gasteiger partial charge on any atom is 0.290 e. The van der Waals surface area contributed by atoms with Gasteiger partial charge in [-0.15, -0.1) is 16.4 Å². The first-order chi connectivity index (χ1) is 13.1. The van der Waals surface area contributed by atoms with Gasteiger partial charge in [0.2, 0.25) is 5.82 Å². The van der Waals surface area contributed by atoms with E-state index in [0.29, 0.717) is 25.7 Å². The summed E-state index contributed by atoms with van der Waals surface area (Å²) in [5.41, 5.74) is 2.10. The molecular formula is C19H25N5O2S. The van der Waals surface area contributed by atoms with E-state index in [-0.39, 0.29) is 11.7 Å². The fourth-order valence-corrected chi connectivity index (χ4v) is 4.90. The summed E-state index contributed by atoms with van der Waals surface area (Å²) in [6, 6.07) is 0. The summed E-state index contributed by atoms with van der Waals surface area (Å²) in [6.45, 7) is 8.03. The van der Waals surface area contributed by atoms with Gasteiger partial charge in [-0.2, -0.15) is 4.52 Å². The van der Waals surface area contributed by atoms with E-state index in [4.69, 9.17) is 9.72 Å². The molecular weight excluding hydrogens is 362 g/mol. The van der Waals surface area contributed by atoms with Crippen molar-refractivity contribution in [3.63, 3.8) is 0 Å². The first-order valence-corrected chi connectivity index (χ1v) is 10.4. The average Bonchev–Trinajstić information content (AvgIpc) is 3.23. The molecule has 1 unspecified atom stereocenters. The Morgan fingerprint density at radius 2 is 2.26 bits per heavy atom. The minimum atomic E-state index is -0.250. The van der Waals surface area contributed by atoms with E-state index in [9.17, 15) is 4.79 Å². The first kappa shape index (κ1) is 18.3. The fraction of sp³-hybridized carbons (Fsp3) is 0.579. The van der Waals surface area contributed by atoms with Gasteiger partial charge in [0, 0.05) is 24.6 Å². The second-order valence-electron chi connectivity index (χ2n) is 7.17. The maximum absolute atomic E-state index is 12.5. The van der Waals surface area contributed by atoms with E-state index in [1.165, 1.54) is 16.9 Å². The third kappa shape index (κ3) is 3.43. The molecule has 3 aromatic rings. The van der Waals surface area contributed by atoms with Crippen LogP contribution in [-0.2, 0) is 17.6 Å². The van der Waals surface area contributed by atoms with Gasteiger partial charge in [-0.3, -0.25) is 4.79 Å². The molecule has 0 radical (unpaired) electrons. The number of hydrogen-bond acceptors (Lipinski definition) is 6. The lowest BCUT2D eigenvalue weighted by atomic mass is 9.89. The van der Waals surface area contributed by atoms with E-state index in [1.54, 1.807) is 15.9 Å². The standard InChI is InChI=1S/C19H25N5O2S/c1-4-26-9-5-8-20-18(25)16-22-17-15-13-10-11(2)6-7-14(13)27-19(15)21-12(3)24(17)23-16/h11H,4-10H2,1-3H3,(H,20,25). The molecule has 1 aliphatic carbocycles. The summed E-state index contributed by atoms with van der Waals surface area (Å²) in [5, 5.41) is 8.38. The lowest BCUT2D eigenvalue weighted by Crippen LogP contribution is -2.26. The van der Waals surface area contributed by atoms with Crippen LogP contribution in [0.5, 0.6) is 0 Å². The second-order valence-corrected chi connectivity index (χ2v) is 8.25. The molecule has 0 spiro atoms. The SMILES string of the molecule is CCOCCCNC(=O)c1nc2c3c4c(sc3nc(C)n2n1)CCC(C)C4. The highest BCUT2D eigenvalue weighted by atomic mass is 32.1. The van der Waals surface area contributed by atoms with Crippen LogP contribution in [0.4, 0.5) is 0 Å². The summed E-state index contributed by atoms with van der Waals surface area (Å²) in [7, 11) is 0. The van der Waals surface area contributed by atoms with Crippen LogP contribution in [-0.4, -0.2) is 45.2 Å². The number of hydrogen-bond donors (Lipinski definition) is 1. The molecule has 0 fully saturated rings. The zero-order valence-corrected chi connectivity index (χ0v) is 16.9. The molecule has 0 saturated carbocycles. The Balaban J connectivity index is 1.67. The van der Waals surface area contributed by atoms with Crippen molar-refractivity contribution in [2.24, 2.45) is 5.92 Å². The van der Waals surface area contributed by atoms with Crippen molar-refractivity contribution < 1.29 is 9.53 Å². The summed E-state index contributed by atoms with van der Waals surface area (Å²) in [4.78, 5) is 24.2. The van der Waals surface area contributed by atoms with Crippen molar-refractivity contribution in [1.82, 2.24) is 24.9 Å². The number of aryl methyl sites for hydroxylation is 2. The van der Waals surface area contributed by atoms with Crippen LogP contribution < -0.4 is 5.32 Å². The maximum atomic E-state index is 12.5. The number of carbonyl (C=O) groups excluding carboxylic acids is 1. The molecule has 27 heavy (non-hydrogen) atoms. The van der Waals surface area contributed by atoms with Crippen LogP contribution in [0.15, 0.2) is 0 Å². The van der Waals surface area contributed by atoms with Crippen LogP contribution in [0.2, 0.25) is 0 Å². The summed E-state index contributed by atoms with van der Waals surface area (Å²) >= 11 is 1.76. The molecule has 1 aliphatic rings. The van der Waals surface area contributed by atoms with Crippen molar-refractivity contribution in [1.29, 1.82) is 0 Å². The van der Waals surface area contributed by atoms with Crippen LogP contribution >= 0.6 is 11.3 Å². The molecule has 3 heterocycles. The summed E-state index contributed by atoms with van der Waals surface area (Å²) < 4.78 is 7.00. The molecule has 0 bridgehead atoms. The highest BCUT2D eigenvalue weighted by Crippen LogP contribution is 2.38. The van der Waals surface area contributed by atoms with E-state index in [2.05, 4.69) is 22.3 Å². The molecule has 1 amide bonds. The minimum absolute atomic E-state index is 0.201. The van der Waals surface area contributed by atoms with Gasteiger partial charge in [-0.25, -0.2) is 9.97 Å². The zero-order valence-electron chi connectivity index (χ0n) is 16.0. The first-order valence-electron chi connectivity index (χ1n) is 9.62. The highest BCUT2D eigenvalue weighted by Gasteiger charge is 2.25. The Hall–Kier alpha value is -2.06. The third-order valence-electron chi connectivity index (χ3n) is 5.05. The molecule has 8 heteroatoms. The molecule has 0 aromatic carbocycles. The Bertz CT molecular complexity index is 993. The molecule has 144 valence electrons. The number of fused-ring (bicyclic) bond motifs is 5. The number of ether oxygens (including phenoxy) is 1. The molecule has 1 N–H and O–H groups in total. The fourth-order valence-electron chi connectivity index (χ4n) is 3.64. The van der Waals surface area contributed by atoms with Gasteiger partial charge in [0.05, 0.1) is 5.39 Å². The van der Waals surface area contributed by atoms with Gasteiger partial charge in [-0.05, 0) is 51.0 Å². The molecule has 1 atom stereocenters. The Kier molecular flexibility index (Phi) is 5.10. The summed E-state index contributed by atoms with van der Waals surface area (Å²) in [6.07, 6.45) is 4.14. The van der Waals surface area contributed by atoms with Gasteiger partial charge < -0.3 is 10.1 Å². The number of rotatable bonds is 6. The predicted molar refractivity (Wildman–Crippen MR) is 106 cm³/mol. The normalized spacial score (nSPS) is 16.8. The number of aromatic nitrogens is 4. The zero-order chi connectivity index (χ0) is 19.0. The quantitative estimate of drug-likeness (QED) is 0.658. The van der Waals surface area contributed by atoms with Crippen LogP contribution in [0.3, 0.4) is 0 Å². The van der Waals surface area contributed by atoms with E-state index in [0.717, 1.165) is 41.0 Å². The minimum Gasteiger partial charge on any atom is -0.382 e. The molecule has 0 saturated heterocycles. The molecule has 0 aliphatic heterocycles. The molecule has 7 nitrogen and oxygen atoms in total. The number of amides is 1. The lowest BCUT2D eigenvalue weighted by Gasteiger charge is -2.17. The molecule has 3 aromatic heterocycles. The summed E-state index contributed by atoms with van der Waals surface area (Å²) in [5.74, 6) is 1.37. The smallest absolute Gasteiger partial charge is 0.290 e. The molecule has 4 rings (SSSR count). The number of carbonyl (C=O) groups is 1. The van der Waals surface area contributed by atoms with Gasteiger partial charge >= 0.3 is 0 Å². The van der Waals surface area contributed by atoms with Crippen LogP contribution in [0.25, 0.3) is 15.9 Å². The predicted octanol–water partition coefficient (Wildman–Crippen LogP) is 2.93. The van der Waals surface area contributed by atoms with E-state index >= 15 is 0 Å². The number of nitrogens with zero attached hydrogens (tertiary/aromatic N) is 4. The number of thiophene rings is 1. The Morgan fingerprint density at radius 1 is 1.41 bits per heavy atom. The van der Waals surface area contributed by atoms with E-state index < -0.39 is 0 Å². The highest BCUT2D eigenvalue weighted by molar-refractivity contribution is 7.19. The average molecular weight is 388 g/mol. The van der Waals surface area contributed by atoms with Crippen LogP contribution in [0.1, 0.15) is 53.6 Å². The van der Waals surface area contributed by atoms with E-state index in [1.807, 2.05) is 13.8 Å². The topological polar surface area (TPSA) is 81.4 Å². The van der Waals surface area contributed by atoms with Crippen molar-refractivity contribution in [3.8, 4) is 0 Å².